The van der Waals surface area contributed by atoms with Crippen LogP contribution in [0.15, 0.2) is 47.6 Å². The van der Waals surface area contributed by atoms with Crippen LogP contribution in [-0.2, 0) is 23.7 Å². The standard InChI is InChI=1S/C15H20N4O2S2/c1-16-7-10-18(15(16)22)13-17-8-11-19(12-9-17)23(20,21)14-5-3-2-4-6-14/h2-7,10H,8-9,11-13H2,1H3. The summed E-state index contributed by atoms with van der Waals surface area (Å²) in [5.41, 5.74) is 0. The van der Waals surface area contributed by atoms with E-state index in [-0.39, 0.29) is 0 Å². The highest BCUT2D eigenvalue weighted by molar-refractivity contribution is 7.89. The summed E-state index contributed by atoms with van der Waals surface area (Å²) in [5, 5.41) is 0. The molecule has 0 spiro atoms. The number of aryl methyl sites for hydroxylation is 1. The number of piperazine rings is 1. The fourth-order valence-electron chi connectivity index (χ4n) is 2.69. The van der Waals surface area contributed by atoms with Crippen molar-refractivity contribution in [2.75, 3.05) is 26.2 Å². The molecule has 0 N–H and O–H groups in total. The van der Waals surface area contributed by atoms with Gasteiger partial charge in [-0.25, -0.2) is 8.42 Å². The van der Waals surface area contributed by atoms with Crippen LogP contribution in [0.3, 0.4) is 0 Å². The van der Waals surface area contributed by atoms with Gasteiger partial charge in [0.25, 0.3) is 0 Å². The zero-order valence-corrected chi connectivity index (χ0v) is 14.6. The molecule has 0 saturated carbocycles. The topological polar surface area (TPSA) is 50.5 Å². The van der Waals surface area contributed by atoms with Crippen molar-refractivity contribution >= 4 is 22.2 Å². The summed E-state index contributed by atoms with van der Waals surface area (Å²) < 4.78 is 31.4. The molecule has 23 heavy (non-hydrogen) atoms. The van der Waals surface area contributed by atoms with Gasteiger partial charge in [-0.15, -0.1) is 0 Å². The first-order valence-corrected chi connectivity index (χ1v) is 9.32. The largest absolute Gasteiger partial charge is 0.327 e. The summed E-state index contributed by atoms with van der Waals surface area (Å²) >= 11 is 5.33. The van der Waals surface area contributed by atoms with E-state index in [1.165, 1.54) is 0 Å². The van der Waals surface area contributed by atoms with Gasteiger partial charge in [0.05, 0.1) is 11.6 Å². The molecule has 0 unspecified atom stereocenters. The lowest BCUT2D eigenvalue weighted by atomic mass is 10.4. The zero-order valence-electron chi connectivity index (χ0n) is 13.0. The molecule has 1 fully saturated rings. The predicted octanol–water partition coefficient (Wildman–Crippen LogP) is 1.52. The lowest BCUT2D eigenvalue weighted by Gasteiger charge is -2.34. The van der Waals surface area contributed by atoms with Crippen LogP contribution < -0.4 is 0 Å². The molecule has 0 radical (unpaired) electrons. The highest BCUT2D eigenvalue weighted by Gasteiger charge is 2.28. The van der Waals surface area contributed by atoms with Gasteiger partial charge in [0.15, 0.2) is 4.77 Å². The van der Waals surface area contributed by atoms with Gasteiger partial charge in [-0.05, 0) is 24.4 Å². The normalized spacial score (nSPS) is 17.4. The molecule has 2 aromatic rings. The second-order valence-electron chi connectivity index (χ2n) is 5.64. The molecule has 1 aliphatic rings. The molecule has 0 bridgehead atoms. The Labute approximate surface area is 141 Å². The van der Waals surface area contributed by atoms with E-state index in [4.69, 9.17) is 12.2 Å². The minimum atomic E-state index is -3.39. The molecule has 1 aromatic carbocycles. The van der Waals surface area contributed by atoms with E-state index in [1.54, 1.807) is 28.6 Å². The third kappa shape index (κ3) is 3.40. The van der Waals surface area contributed by atoms with Crippen LogP contribution in [0.2, 0.25) is 0 Å². The Kier molecular flexibility index (Phi) is 4.67. The highest BCUT2D eigenvalue weighted by atomic mass is 32.2. The molecule has 124 valence electrons. The molecule has 1 aliphatic heterocycles. The molecule has 0 atom stereocenters. The third-order valence-corrected chi connectivity index (χ3v) is 6.52. The first kappa shape index (κ1) is 16.4. The molecule has 1 aromatic heterocycles. The number of rotatable bonds is 4. The maximum absolute atomic E-state index is 12.6. The van der Waals surface area contributed by atoms with Crippen molar-refractivity contribution in [2.24, 2.45) is 7.05 Å². The number of benzene rings is 1. The van der Waals surface area contributed by atoms with E-state index in [1.807, 2.05) is 34.6 Å². The van der Waals surface area contributed by atoms with Crippen LogP contribution in [0.5, 0.6) is 0 Å². The number of aromatic nitrogens is 2. The van der Waals surface area contributed by atoms with Crippen LogP contribution in [0.4, 0.5) is 0 Å². The molecule has 3 rings (SSSR count). The van der Waals surface area contributed by atoms with E-state index in [9.17, 15) is 8.42 Å². The summed E-state index contributed by atoms with van der Waals surface area (Å²) in [5.74, 6) is 0. The highest BCUT2D eigenvalue weighted by Crippen LogP contribution is 2.17. The van der Waals surface area contributed by atoms with Crippen molar-refractivity contribution in [1.82, 2.24) is 18.3 Å². The molecular formula is C15H20N4O2S2. The Bertz CT molecular complexity index is 819. The van der Waals surface area contributed by atoms with Crippen LogP contribution >= 0.6 is 12.2 Å². The van der Waals surface area contributed by atoms with E-state index in [0.717, 1.165) is 4.77 Å². The first-order chi connectivity index (χ1) is 11.0. The number of nitrogens with zero attached hydrogens (tertiary/aromatic N) is 4. The number of hydrogen-bond acceptors (Lipinski definition) is 4. The molecule has 1 saturated heterocycles. The van der Waals surface area contributed by atoms with E-state index in [2.05, 4.69) is 4.90 Å². The smallest absolute Gasteiger partial charge is 0.243 e. The molecule has 2 heterocycles. The SMILES string of the molecule is Cn1ccn(CN2CCN(S(=O)(=O)c3ccccc3)CC2)c1=S. The average Bonchev–Trinajstić information content (AvgIpc) is 2.88. The summed E-state index contributed by atoms with van der Waals surface area (Å²) in [4.78, 5) is 2.58. The minimum absolute atomic E-state index is 0.360. The van der Waals surface area contributed by atoms with Crippen molar-refractivity contribution in [2.45, 2.75) is 11.6 Å². The Morgan fingerprint density at radius 2 is 1.70 bits per heavy atom. The summed E-state index contributed by atoms with van der Waals surface area (Å²) in [6.45, 7) is 3.08. The summed E-state index contributed by atoms with van der Waals surface area (Å²) in [7, 11) is -1.47. The van der Waals surface area contributed by atoms with Crippen LogP contribution in [-0.4, -0.2) is 52.9 Å². The van der Waals surface area contributed by atoms with Crippen molar-refractivity contribution in [1.29, 1.82) is 0 Å². The van der Waals surface area contributed by atoms with Gasteiger partial charge < -0.3 is 9.13 Å². The average molecular weight is 352 g/mol. The molecular weight excluding hydrogens is 332 g/mol. The number of hydrogen-bond donors (Lipinski definition) is 0. The van der Waals surface area contributed by atoms with Gasteiger partial charge in [-0.3, -0.25) is 4.90 Å². The molecule has 6 nitrogen and oxygen atoms in total. The van der Waals surface area contributed by atoms with Gasteiger partial charge >= 0.3 is 0 Å². The summed E-state index contributed by atoms with van der Waals surface area (Å²) in [6.07, 6.45) is 3.88. The predicted molar refractivity (Wildman–Crippen MR) is 91.0 cm³/mol. The van der Waals surface area contributed by atoms with E-state index in [0.29, 0.717) is 37.7 Å². The Balaban J connectivity index is 1.65. The van der Waals surface area contributed by atoms with Gasteiger partial charge in [0, 0.05) is 45.6 Å². The number of sulfonamides is 1. The fraction of sp³-hybridized carbons (Fsp3) is 0.400. The fourth-order valence-corrected chi connectivity index (χ4v) is 4.31. The lowest BCUT2D eigenvalue weighted by Crippen LogP contribution is -2.48. The Hall–Kier alpha value is -1.48. The molecule has 0 aliphatic carbocycles. The Morgan fingerprint density at radius 3 is 2.26 bits per heavy atom. The van der Waals surface area contributed by atoms with Crippen LogP contribution in [0.1, 0.15) is 0 Å². The first-order valence-electron chi connectivity index (χ1n) is 7.48. The number of imidazole rings is 1. The van der Waals surface area contributed by atoms with Crippen molar-refractivity contribution in [3.63, 3.8) is 0 Å². The second kappa shape index (κ2) is 6.56. The monoisotopic (exact) mass is 352 g/mol. The van der Waals surface area contributed by atoms with Crippen molar-refractivity contribution in [3.05, 3.63) is 47.5 Å². The van der Waals surface area contributed by atoms with E-state index < -0.39 is 10.0 Å². The zero-order chi connectivity index (χ0) is 16.4. The molecule has 8 heteroatoms. The summed E-state index contributed by atoms with van der Waals surface area (Å²) in [6, 6.07) is 8.61. The van der Waals surface area contributed by atoms with Gasteiger partial charge in [0.2, 0.25) is 10.0 Å². The lowest BCUT2D eigenvalue weighted by molar-refractivity contribution is 0.151. The van der Waals surface area contributed by atoms with Crippen molar-refractivity contribution < 1.29 is 8.42 Å². The maximum Gasteiger partial charge on any atom is 0.243 e. The second-order valence-corrected chi connectivity index (χ2v) is 7.94. The van der Waals surface area contributed by atoms with Crippen molar-refractivity contribution in [3.8, 4) is 0 Å². The van der Waals surface area contributed by atoms with E-state index >= 15 is 0 Å². The van der Waals surface area contributed by atoms with Gasteiger partial charge in [-0.1, -0.05) is 18.2 Å². The Morgan fingerprint density at radius 1 is 1.04 bits per heavy atom. The quantitative estimate of drug-likeness (QED) is 0.783. The minimum Gasteiger partial charge on any atom is -0.327 e. The maximum atomic E-state index is 12.6. The third-order valence-electron chi connectivity index (χ3n) is 4.08. The van der Waals surface area contributed by atoms with Gasteiger partial charge in [-0.2, -0.15) is 4.31 Å². The van der Waals surface area contributed by atoms with Crippen LogP contribution in [0, 0.1) is 4.77 Å². The van der Waals surface area contributed by atoms with Gasteiger partial charge in [0.1, 0.15) is 0 Å². The molecule has 0 amide bonds. The van der Waals surface area contributed by atoms with Crippen LogP contribution in [0.25, 0.3) is 0 Å².